The Kier molecular flexibility index (Phi) is 7.72. The monoisotopic (exact) mass is 595 g/mol. The number of benzene rings is 3. The predicted octanol–water partition coefficient (Wildman–Crippen LogP) is 4.31. The number of methoxy groups -OCH3 is 1. The number of carbonyl (C=O) groups excluding carboxylic acids is 3. The van der Waals surface area contributed by atoms with Crippen molar-refractivity contribution >= 4 is 57.2 Å². The highest BCUT2D eigenvalue weighted by Gasteiger charge is 2.37. The third-order valence-electron chi connectivity index (χ3n) is 5.57. The van der Waals surface area contributed by atoms with E-state index in [0.29, 0.717) is 21.3 Å². The van der Waals surface area contributed by atoms with E-state index in [4.69, 9.17) is 14.6 Å². The minimum Gasteiger partial charge on any atom is -0.493 e. The van der Waals surface area contributed by atoms with Crippen LogP contribution >= 0.6 is 15.9 Å². The molecule has 1 heterocycles. The molecule has 1 fully saturated rings. The number of imide groups is 2. The molecule has 1 saturated heterocycles. The van der Waals surface area contributed by atoms with E-state index < -0.39 is 28.7 Å². The van der Waals surface area contributed by atoms with Crippen LogP contribution in [-0.2, 0) is 16.2 Å². The first-order valence-electron chi connectivity index (χ1n) is 11.1. The molecule has 0 bridgehead atoms. The van der Waals surface area contributed by atoms with Crippen LogP contribution in [0.2, 0.25) is 0 Å². The van der Waals surface area contributed by atoms with Gasteiger partial charge in [0.1, 0.15) is 12.2 Å². The van der Waals surface area contributed by atoms with E-state index in [1.54, 1.807) is 18.2 Å². The average Bonchev–Trinajstić information content (AvgIpc) is 2.90. The lowest BCUT2D eigenvalue weighted by Gasteiger charge is -2.26. The maximum absolute atomic E-state index is 13.2. The zero-order valence-electron chi connectivity index (χ0n) is 20.0. The number of carboxylic acids is 1. The van der Waals surface area contributed by atoms with Crippen molar-refractivity contribution in [3.63, 3.8) is 0 Å². The van der Waals surface area contributed by atoms with Crippen molar-refractivity contribution in [3.05, 3.63) is 97.5 Å². The lowest BCUT2D eigenvalue weighted by atomic mass is 10.1. The number of hydrogen-bond donors (Lipinski definition) is 2. The SMILES string of the molecule is COc1cc(/C=C2\C(=O)NC(=O)N(c3ccc(C(=O)O)cc3)C2=O)cc(Br)c1OCc1ccc([N+](=O)[O-])cc1. The number of amides is 4. The number of nitro benzene ring substituents is 1. The van der Waals surface area contributed by atoms with Crippen LogP contribution in [0.5, 0.6) is 11.5 Å². The molecule has 0 aliphatic carbocycles. The van der Waals surface area contributed by atoms with Crippen molar-refractivity contribution in [2.75, 3.05) is 12.0 Å². The molecular formula is C26H18BrN3O9. The standard InChI is InChI=1S/C26H18BrN3O9/c1-38-21-12-15(11-20(27)22(21)39-13-14-2-6-18(7-3-14)30(36)37)10-19-23(31)28-26(35)29(24(19)32)17-8-4-16(5-9-17)25(33)34/h2-12H,13H2,1H3,(H,33,34)(H,28,31,35)/b19-10+. The number of nitrogens with one attached hydrogen (secondary N) is 1. The minimum atomic E-state index is -1.17. The molecule has 3 aromatic rings. The van der Waals surface area contributed by atoms with Gasteiger partial charge < -0.3 is 14.6 Å². The molecule has 0 aromatic heterocycles. The highest BCUT2D eigenvalue weighted by atomic mass is 79.9. The quantitative estimate of drug-likeness (QED) is 0.167. The summed E-state index contributed by atoms with van der Waals surface area (Å²) in [5.41, 5.74) is 0.693. The van der Waals surface area contributed by atoms with Gasteiger partial charge in [0.2, 0.25) is 0 Å². The summed E-state index contributed by atoms with van der Waals surface area (Å²) in [5, 5.41) is 22.0. The van der Waals surface area contributed by atoms with Gasteiger partial charge in [-0.15, -0.1) is 0 Å². The molecule has 2 N–H and O–H groups in total. The Balaban J connectivity index is 1.60. The molecule has 4 amide bonds. The normalized spacial score (nSPS) is 14.3. The van der Waals surface area contributed by atoms with Crippen LogP contribution < -0.4 is 19.7 Å². The van der Waals surface area contributed by atoms with Crippen LogP contribution in [0, 0.1) is 10.1 Å². The van der Waals surface area contributed by atoms with Gasteiger partial charge in [0.15, 0.2) is 11.5 Å². The zero-order valence-corrected chi connectivity index (χ0v) is 21.6. The van der Waals surface area contributed by atoms with E-state index in [2.05, 4.69) is 21.2 Å². The molecule has 0 atom stereocenters. The lowest BCUT2D eigenvalue weighted by Crippen LogP contribution is -2.54. The molecule has 1 aliphatic rings. The zero-order chi connectivity index (χ0) is 28.3. The van der Waals surface area contributed by atoms with Gasteiger partial charge in [-0.3, -0.25) is 25.0 Å². The molecule has 13 heteroatoms. The molecule has 4 rings (SSSR count). The van der Waals surface area contributed by atoms with Gasteiger partial charge in [0, 0.05) is 12.1 Å². The summed E-state index contributed by atoms with van der Waals surface area (Å²) in [6.07, 6.45) is 1.27. The average molecular weight is 596 g/mol. The third-order valence-corrected chi connectivity index (χ3v) is 6.16. The molecule has 1 aliphatic heterocycles. The highest BCUT2D eigenvalue weighted by Crippen LogP contribution is 2.38. The number of halogens is 1. The number of carboxylic acid groups (broad SMARTS) is 1. The van der Waals surface area contributed by atoms with Crippen molar-refractivity contribution < 1.29 is 38.7 Å². The molecular weight excluding hydrogens is 578 g/mol. The van der Waals surface area contributed by atoms with Crippen LogP contribution in [0.15, 0.2) is 70.7 Å². The van der Waals surface area contributed by atoms with Crippen LogP contribution in [0.1, 0.15) is 21.5 Å². The van der Waals surface area contributed by atoms with Crippen molar-refractivity contribution in [2.24, 2.45) is 0 Å². The Morgan fingerprint density at radius 1 is 1.10 bits per heavy atom. The van der Waals surface area contributed by atoms with Gasteiger partial charge in [-0.25, -0.2) is 14.5 Å². The van der Waals surface area contributed by atoms with E-state index in [1.165, 1.54) is 55.7 Å². The first kappa shape index (κ1) is 27.0. The van der Waals surface area contributed by atoms with E-state index in [9.17, 15) is 29.3 Å². The van der Waals surface area contributed by atoms with Crippen LogP contribution in [-0.4, -0.2) is 41.0 Å². The molecule has 0 unspecified atom stereocenters. The first-order valence-corrected chi connectivity index (χ1v) is 11.9. The van der Waals surface area contributed by atoms with Crippen molar-refractivity contribution in [1.29, 1.82) is 0 Å². The fraction of sp³-hybridized carbons (Fsp3) is 0.0769. The number of urea groups is 1. The summed E-state index contributed by atoms with van der Waals surface area (Å²) in [4.78, 5) is 60.3. The van der Waals surface area contributed by atoms with E-state index in [-0.39, 0.29) is 34.9 Å². The van der Waals surface area contributed by atoms with Gasteiger partial charge in [0.25, 0.3) is 17.5 Å². The van der Waals surface area contributed by atoms with E-state index in [0.717, 1.165) is 4.90 Å². The Bertz CT molecular complexity index is 1530. The summed E-state index contributed by atoms with van der Waals surface area (Å²) in [5.74, 6) is -2.41. The van der Waals surface area contributed by atoms with Crippen LogP contribution in [0.3, 0.4) is 0 Å². The predicted molar refractivity (Wildman–Crippen MR) is 141 cm³/mol. The van der Waals surface area contributed by atoms with Crippen molar-refractivity contribution in [2.45, 2.75) is 6.61 Å². The summed E-state index contributed by atoms with van der Waals surface area (Å²) in [7, 11) is 1.40. The summed E-state index contributed by atoms with van der Waals surface area (Å²) < 4.78 is 11.7. The number of aromatic carboxylic acids is 1. The highest BCUT2D eigenvalue weighted by molar-refractivity contribution is 9.10. The largest absolute Gasteiger partial charge is 0.493 e. The second-order valence-corrected chi connectivity index (χ2v) is 8.91. The number of barbiturate groups is 1. The molecule has 0 spiro atoms. The molecule has 39 heavy (non-hydrogen) atoms. The second-order valence-electron chi connectivity index (χ2n) is 8.06. The van der Waals surface area contributed by atoms with Gasteiger partial charge >= 0.3 is 12.0 Å². The Labute approximate surface area is 228 Å². The van der Waals surface area contributed by atoms with Crippen LogP contribution in [0.25, 0.3) is 6.08 Å². The number of rotatable bonds is 8. The van der Waals surface area contributed by atoms with Gasteiger partial charge in [-0.1, -0.05) is 0 Å². The molecule has 0 saturated carbocycles. The smallest absolute Gasteiger partial charge is 0.335 e. The van der Waals surface area contributed by atoms with Crippen molar-refractivity contribution in [3.8, 4) is 11.5 Å². The Morgan fingerprint density at radius 3 is 2.36 bits per heavy atom. The number of carbonyl (C=O) groups is 4. The lowest BCUT2D eigenvalue weighted by molar-refractivity contribution is -0.384. The van der Waals surface area contributed by atoms with Gasteiger partial charge in [-0.05, 0) is 81.7 Å². The molecule has 3 aromatic carbocycles. The van der Waals surface area contributed by atoms with E-state index >= 15 is 0 Å². The summed E-state index contributed by atoms with van der Waals surface area (Å²) in [6, 6.07) is 13.0. The maximum atomic E-state index is 13.2. The summed E-state index contributed by atoms with van der Waals surface area (Å²) >= 11 is 3.39. The van der Waals surface area contributed by atoms with Crippen LogP contribution in [0.4, 0.5) is 16.2 Å². The fourth-order valence-corrected chi connectivity index (χ4v) is 4.22. The number of anilines is 1. The summed E-state index contributed by atoms with van der Waals surface area (Å²) in [6.45, 7) is 0.0754. The van der Waals surface area contributed by atoms with Gasteiger partial charge in [-0.2, -0.15) is 0 Å². The molecule has 12 nitrogen and oxygen atoms in total. The number of non-ortho nitro benzene ring substituents is 1. The van der Waals surface area contributed by atoms with E-state index in [1.807, 2.05) is 0 Å². The Hall–Kier alpha value is -5.04. The number of hydrogen-bond acceptors (Lipinski definition) is 8. The Morgan fingerprint density at radius 2 is 1.77 bits per heavy atom. The number of nitro groups is 1. The fourth-order valence-electron chi connectivity index (χ4n) is 3.64. The number of nitrogens with zero attached hydrogens (tertiary/aromatic N) is 2. The maximum Gasteiger partial charge on any atom is 0.335 e. The van der Waals surface area contributed by atoms with Crippen molar-refractivity contribution in [1.82, 2.24) is 5.32 Å². The van der Waals surface area contributed by atoms with Gasteiger partial charge in [0.05, 0.1) is 27.8 Å². The first-order chi connectivity index (χ1) is 18.6. The molecule has 0 radical (unpaired) electrons. The minimum absolute atomic E-state index is 0.0386. The molecule has 198 valence electrons. The topological polar surface area (TPSA) is 165 Å². The second kappa shape index (κ2) is 11.1. The third kappa shape index (κ3) is 5.78. The number of ether oxygens (including phenoxy) is 2.